The van der Waals surface area contributed by atoms with Gasteiger partial charge in [0.05, 0.1) is 22.9 Å². The fourth-order valence-electron chi connectivity index (χ4n) is 4.03. The number of nitrogens with zero attached hydrogens (tertiary/aromatic N) is 3. The van der Waals surface area contributed by atoms with E-state index in [9.17, 15) is 4.79 Å². The SMILES string of the molecule is COC1CCN(C(=O)c2cnc3ccccc3c2N2CCCC2)CC1. The maximum Gasteiger partial charge on any atom is 0.257 e. The largest absolute Gasteiger partial charge is 0.381 e. The number of carbonyl (C=O) groups is 1. The van der Waals surface area contributed by atoms with Crippen molar-refractivity contribution in [1.29, 1.82) is 0 Å². The highest BCUT2D eigenvalue weighted by atomic mass is 16.5. The molecule has 0 N–H and O–H groups in total. The summed E-state index contributed by atoms with van der Waals surface area (Å²) in [5.41, 5.74) is 2.78. The number of amides is 1. The summed E-state index contributed by atoms with van der Waals surface area (Å²) in [5, 5.41) is 1.09. The molecule has 5 heteroatoms. The van der Waals surface area contributed by atoms with Crippen molar-refractivity contribution in [2.24, 2.45) is 0 Å². The van der Waals surface area contributed by atoms with Gasteiger partial charge in [0.1, 0.15) is 0 Å². The van der Waals surface area contributed by atoms with Gasteiger partial charge >= 0.3 is 0 Å². The summed E-state index contributed by atoms with van der Waals surface area (Å²) >= 11 is 0. The predicted molar refractivity (Wildman–Crippen MR) is 99.1 cm³/mol. The van der Waals surface area contributed by atoms with Crippen LogP contribution in [0.1, 0.15) is 36.0 Å². The molecule has 2 aromatic rings. The van der Waals surface area contributed by atoms with E-state index in [-0.39, 0.29) is 12.0 Å². The lowest BCUT2D eigenvalue weighted by Crippen LogP contribution is -2.41. The number of pyridine rings is 1. The van der Waals surface area contributed by atoms with Gasteiger partial charge in [-0.3, -0.25) is 9.78 Å². The van der Waals surface area contributed by atoms with Crippen LogP contribution in [-0.2, 0) is 4.74 Å². The lowest BCUT2D eigenvalue weighted by Gasteiger charge is -2.32. The molecule has 0 aliphatic carbocycles. The van der Waals surface area contributed by atoms with Crippen LogP contribution in [0, 0.1) is 0 Å². The molecule has 2 fully saturated rings. The van der Waals surface area contributed by atoms with Crippen molar-refractivity contribution < 1.29 is 9.53 Å². The maximum absolute atomic E-state index is 13.2. The Bertz CT molecular complexity index is 763. The number of methoxy groups -OCH3 is 1. The number of ether oxygens (including phenoxy) is 1. The minimum absolute atomic E-state index is 0.106. The highest BCUT2D eigenvalue weighted by molar-refractivity contribution is 6.07. The third kappa shape index (κ3) is 3.09. The van der Waals surface area contributed by atoms with Gasteiger partial charge in [-0.1, -0.05) is 18.2 Å². The number of piperidine rings is 1. The number of hydrogen-bond acceptors (Lipinski definition) is 4. The average molecular weight is 339 g/mol. The number of benzene rings is 1. The van der Waals surface area contributed by atoms with E-state index in [1.807, 2.05) is 23.1 Å². The summed E-state index contributed by atoms with van der Waals surface area (Å²) in [4.78, 5) is 22.1. The van der Waals surface area contributed by atoms with Crippen molar-refractivity contribution in [3.8, 4) is 0 Å². The van der Waals surface area contributed by atoms with E-state index < -0.39 is 0 Å². The number of aromatic nitrogens is 1. The van der Waals surface area contributed by atoms with Crippen molar-refractivity contribution in [3.05, 3.63) is 36.0 Å². The van der Waals surface area contributed by atoms with Crippen LogP contribution in [0.2, 0.25) is 0 Å². The van der Waals surface area contributed by atoms with Crippen molar-refractivity contribution >= 4 is 22.5 Å². The van der Waals surface area contributed by atoms with Crippen molar-refractivity contribution in [2.45, 2.75) is 31.8 Å². The lowest BCUT2D eigenvalue weighted by atomic mass is 10.0. The Labute approximate surface area is 148 Å². The summed E-state index contributed by atoms with van der Waals surface area (Å²) in [6.45, 7) is 3.54. The number of anilines is 1. The van der Waals surface area contributed by atoms with Crippen molar-refractivity contribution in [3.63, 3.8) is 0 Å². The third-order valence-electron chi connectivity index (χ3n) is 5.46. The molecule has 3 heterocycles. The van der Waals surface area contributed by atoms with E-state index in [0.29, 0.717) is 0 Å². The molecule has 0 spiro atoms. The second-order valence-electron chi connectivity index (χ2n) is 6.96. The van der Waals surface area contributed by atoms with Crippen LogP contribution in [0.4, 0.5) is 5.69 Å². The van der Waals surface area contributed by atoms with Gasteiger partial charge in [-0.05, 0) is 31.7 Å². The Hall–Kier alpha value is -2.14. The number of fused-ring (bicyclic) bond motifs is 1. The van der Waals surface area contributed by atoms with E-state index in [1.54, 1.807) is 13.3 Å². The van der Waals surface area contributed by atoms with Crippen LogP contribution >= 0.6 is 0 Å². The van der Waals surface area contributed by atoms with Crippen molar-refractivity contribution in [1.82, 2.24) is 9.88 Å². The first-order valence-electron chi connectivity index (χ1n) is 9.22. The Balaban J connectivity index is 1.71. The summed E-state index contributed by atoms with van der Waals surface area (Å²) < 4.78 is 5.43. The van der Waals surface area contributed by atoms with Gasteiger partial charge in [-0.2, -0.15) is 0 Å². The monoisotopic (exact) mass is 339 g/mol. The van der Waals surface area contributed by atoms with E-state index in [2.05, 4.69) is 16.0 Å². The number of likely N-dealkylation sites (tertiary alicyclic amines) is 1. The molecule has 2 saturated heterocycles. The van der Waals surface area contributed by atoms with E-state index in [0.717, 1.165) is 61.2 Å². The minimum Gasteiger partial charge on any atom is -0.381 e. The van der Waals surface area contributed by atoms with Gasteiger partial charge in [0.25, 0.3) is 5.91 Å². The molecule has 25 heavy (non-hydrogen) atoms. The van der Waals surface area contributed by atoms with Crippen molar-refractivity contribution in [2.75, 3.05) is 38.2 Å². The Morgan fingerprint density at radius 1 is 1.12 bits per heavy atom. The minimum atomic E-state index is 0.106. The molecular weight excluding hydrogens is 314 g/mol. The predicted octanol–water partition coefficient (Wildman–Crippen LogP) is 3.09. The van der Waals surface area contributed by atoms with Crippen LogP contribution in [0.25, 0.3) is 10.9 Å². The fraction of sp³-hybridized carbons (Fsp3) is 0.500. The number of para-hydroxylation sites is 1. The van der Waals surface area contributed by atoms with Crippen LogP contribution in [0.5, 0.6) is 0 Å². The number of rotatable bonds is 3. The van der Waals surface area contributed by atoms with E-state index >= 15 is 0 Å². The maximum atomic E-state index is 13.2. The van der Waals surface area contributed by atoms with Crippen LogP contribution < -0.4 is 4.90 Å². The second kappa shape index (κ2) is 7.00. The molecule has 4 rings (SSSR count). The molecule has 1 aromatic heterocycles. The second-order valence-corrected chi connectivity index (χ2v) is 6.96. The van der Waals surface area contributed by atoms with Gasteiger partial charge < -0.3 is 14.5 Å². The van der Waals surface area contributed by atoms with Crippen LogP contribution in [0.3, 0.4) is 0 Å². The quantitative estimate of drug-likeness (QED) is 0.862. The summed E-state index contributed by atoms with van der Waals surface area (Å²) in [6.07, 6.45) is 6.23. The average Bonchev–Trinajstić information content (AvgIpc) is 3.21. The Kier molecular flexibility index (Phi) is 4.57. The zero-order valence-electron chi connectivity index (χ0n) is 14.8. The zero-order chi connectivity index (χ0) is 17.2. The first kappa shape index (κ1) is 16.3. The molecule has 1 amide bonds. The molecule has 132 valence electrons. The third-order valence-corrected chi connectivity index (χ3v) is 5.46. The van der Waals surface area contributed by atoms with E-state index in [1.165, 1.54) is 12.8 Å². The molecule has 2 aliphatic heterocycles. The smallest absolute Gasteiger partial charge is 0.257 e. The number of carbonyl (C=O) groups excluding carboxylic acids is 1. The van der Waals surface area contributed by atoms with Gasteiger partial charge in [0.15, 0.2) is 0 Å². The summed E-state index contributed by atoms with van der Waals surface area (Å²) in [5.74, 6) is 0.106. The Morgan fingerprint density at radius 3 is 2.56 bits per heavy atom. The highest BCUT2D eigenvalue weighted by Gasteiger charge is 2.28. The highest BCUT2D eigenvalue weighted by Crippen LogP contribution is 2.33. The van der Waals surface area contributed by atoms with Gasteiger partial charge in [-0.15, -0.1) is 0 Å². The molecule has 0 saturated carbocycles. The normalized spacial score (nSPS) is 18.9. The van der Waals surface area contributed by atoms with E-state index in [4.69, 9.17) is 4.74 Å². The Morgan fingerprint density at radius 2 is 1.84 bits per heavy atom. The molecule has 2 aliphatic rings. The molecular formula is C20H25N3O2. The van der Waals surface area contributed by atoms with Gasteiger partial charge in [-0.25, -0.2) is 0 Å². The first-order chi connectivity index (χ1) is 12.3. The van der Waals surface area contributed by atoms with Gasteiger partial charge in [0, 0.05) is 44.9 Å². The molecule has 0 atom stereocenters. The zero-order valence-corrected chi connectivity index (χ0v) is 14.8. The summed E-state index contributed by atoms with van der Waals surface area (Å²) in [6, 6.07) is 8.14. The summed E-state index contributed by atoms with van der Waals surface area (Å²) in [7, 11) is 1.75. The molecule has 0 bridgehead atoms. The first-order valence-corrected chi connectivity index (χ1v) is 9.22. The fourth-order valence-corrected chi connectivity index (χ4v) is 4.03. The molecule has 1 aromatic carbocycles. The van der Waals surface area contributed by atoms with Crippen LogP contribution in [-0.4, -0.2) is 55.2 Å². The lowest BCUT2D eigenvalue weighted by molar-refractivity contribution is 0.0351. The number of hydrogen-bond donors (Lipinski definition) is 0. The van der Waals surface area contributed by atoms with Crippen LogP contribution in [0.15, 0.2) is 30.5 Å². The molecule has 5 nitrogen and oxygen atoms in total. The molecule has 0 unspecified atom stereocenters. The molecule has 0 radical (unpaired) electrons. The van der Waals surface area contributed by atoms with Gasteiger partial charge in [0.2, 0.25) is 0 Å². The topological polar surface area (TPSA) is 45.7 Å². The standard InChI is InChI=1S/C20H25N3O2/c1-25-15-8-12-23(13-9-15)20(24)17-14-21-18-7-3-2-6-16(18)19(17)22-10-4-5-11-22/h2-3,6-7,14-15H,4-5,8-13H2,1H3.